The summed E-state index contributed by atoms with van der Waals surface area (Å²) in [6, 6.07) is 0. The summed E-state index contributed by atoms with van der Waals surface area (Å²) in [6.45, 7) is 2.60. The first-order valence-electron chi connectivity index (χ1n) is 9.94. The van der Waals surface area contributed by atoms with E-state index in [4.69, 9.17) is 20.4 Å². The largest absolute Gasteiger partial charge is 0.382 e. The Balaban J connectivity index is 1.48. The molecule has 3 aromatic rings. The molecule has 0 amide bonds. The third-order valence-corrected chi connectivity index (χ3v) is 5.84. The number of rotatable bonds is 4. The molecule has 0 spiro atoms. The van der Waals surface area contributed by atoms with Gasteiger partial charge in [-0.05, 0) is 31.6 Å². The molecule has 2 aliphatic heterocycles. The Labute approximate surface area is 162 Å². The second-order valence-corrected chi connectivity index (χ2v) is 8.07. The van der Waals surface area contributed by atoms with Gasteiger partial charge in [-0.3, -0.25) is 0 Å². The Morgan fingerprint density at radius 1 is 1.00 bits per heavy atom. The third-order valence-electron chi connectivity index (χ3n) is 5.84. The van der Waals surface area contributed by atoms with Crippen molar-refractivity contribution >= 4 is 22.9 Å². The molecule has 1 saturated carbocycles. The predicted molar refractivity (Wildman–Crippen MR) is 104 cm³/mol. The van der Waals surface area contributed by atoms with Gasteiger partial charge < -0.3 is 19.9 Å². The monoisotopic (exact) mass is 378 g/mol. The van der Waals surface area contributed by atoms with E-state index in [1.54, 1.807) is 12.4 Å². The smallest absolute Gasteiger partial charge is 0.228 e. The van der Waals surface area contributed by atoms with Crippen LogP contribution in [0.25, 0.3) is 22.6 Å². The molecule has 2 bridgehead atoms. The number of hydrogen-bond donors (Lipinski definition) is 1. The summed E-state index contributed by atoms with van der Waals surface area (Å²) in [5.74, 6) is 1.84. The molecule has 28 heavy (non-hydrogen) atoms. The summed E-state index contributed by atoms with van der Waals surface area (Å²) in [5.41, 5.74) is 8.72. The quantitative estimate of drug-likeness (QED) is 0.730. The zero-order valence-corrected chi connectivity index (χ0v) is 15.5. The zero-order valence-electron chi connectivity index (χ0n) is 15.5. The van der Waals surface area contributed by atoms with Crippen molar-refractivity contribution in [2.75, 3.05) is 23.7 Å². The van der Waals surface area contributed by atoms with Crippen molar-refractivity contribution in [1.82, 2.24) is 29.5 Å². The number of aromatic nitrogens is 6. The van der Waals surface area contributed by atoms with Gasteiger partial charge in [0.2, 0.25) is 5.95 Å². The fourth-order valence-corrected chi connectivity index (χ4v) is 4.20. The van der Waals surface area contributed by atoms with Crippen molar-refractivity contribution in [2.24, 2.45) is 5.92 Å². The van der Waals surface area contributed by atoms with E-state index in [1.807, 2.05) is 6.33 Å². The second kappa shape index (κ2) is 6.10. The van der Waals surface area contributed by atoms with Crippen LogP contribution in [0.2, 0.25) is 0 Å². The Morgan fingerprint density at radius 2 is 1.82 bits per heavy atom. The lowest BCUT2D eigenvalue weighted by molar-refractivity contribution is 0.0299. The average molecular weight is 378 g/mol. The predicted octanol–water partition coefficient (Wildman–Crippen LogP) is 1.64. The number of nitrogens with zero attached hydrogens (tertiary/aromatic N) is 7. The van der Waals surface area contributed by atoms with Crippen LogP contribution in [0.15, 0.2) is 18.7 Å². The lowest BCUT2D eigenvalue weighted by Crippen LogP contribution is -2.43. The highest BCUT2D eigenvalue weighted by molar-refractivity contribution is 5.87. The molecular weight excluding hydrogens is 356 g/mol. The molecule has 2 atom stereocenters. The molecule has 2 N–H and O–H groups in total. The van der Waals surface area contributed by atoms with Gasteiger partial charge in [0.25, 0.3) is 0 Å². The highest BCUT2D eigenvalue weighted by Crippen LogP contribution is 2.34. The van der Waals surface area contributed by atoms with Crippen LogP contribution >= 0.6 is 0 Å². The number of hydrogen-bond acceptors (Lipinski definition) is 8. The topological polar surface area (TPSA) is 108 Å². The molecule has 3 fully saturated rings. The van der Waals surface area contributed by atoms with E-state index < -0.39 is 0 Å². The molecule has 5 heterocycles. The maximum absolute atomic E-state index is 5.98. The minimum atomic E-state index is 0.272. The fourth-order valence-electron chi connectivity index (χ4n) is 4.20. The van der Waals surface area contributed by atoms with Crippen molar-refractivity contribution in [1.29, 1.82) is 0 Å². The summed E-state index contributed by atoms with van der Waals surface area (Å²) in [5, 5.41) is 0. The van der Waals surface area contributed by atoms with Crippen LogP contribution in [-0.4, -0.2) is 54.8 Å². The van der Waals surface area contributed by atoms with E-state index in [2.05, 4.69) is 24.4 Å². The first kappa shape index (κ1) is 16.2. The molecule has 9 heteroatoms. The van der Waals surface area contributed by atoms with Crippen LogP contribution in [0.1, 0.15) is 25.7 Å². The van der Waals surface area contributed by atoms with Crippen molar-refractivity contribution in [2.45, 2.75) is 44.4 Å². The Morgan fingerprint density at radius 3 is 2.54 bits per heavy atom. The number of nitrogen functional groups attached to an aromatic ring is 1. The number of fused-ring (bicyclic) bond motifs is 3. The maximum atomic E-state index is 5.98. The number of ether oxygens (including phenoxy) is 1. The molecule has 2 saturated heterocycles. The van der Waals surface area contributed by atoms with Gasteiger partial charge in [0, 0.05) is 19.6 Å². The average Bonchev–Trinajstić information content (AvgIpc) is 3.35. The van der Waals surface area contributed by atoms with Crippen LogP contribution < -0.4 is 10.6 Å². The molecule has 0 aromatic carbocycles. The number of imidazole rings is 1. The minimum absolute atomic E-state index is 0.272. The van der Waals surface area contributed by atoms with Gasteiger partial charge in [0.05, 0.1) is 30.9 Å². The third kappa shape index (κ3) is 2.77. The van der Waals surface area contributed by atoms with Gasteiger partial charge in [0.1, 0.15) is 22.7 Å². The molecule has 6 rings (SSSR count). The van der Waals surface area contributed by atoms with Crippen molar-refractivity contribution < 1.29 is 4.74 Å². The van der Waals surface area contributed by atoms with Gasteiger partial charge in [-0.15, -0.1) is 0 Å². The minimum Gasteiger partial charge on any atom is -0.382 e. The van der Waals surface area contributed by atoms with E-state index in [-0.39, 0.29) is 12.2 Å². The van der Waals surface area contributed by atoms with E-state index in [9.17, 15) is 0 Å². The normalized spacial score (nSPS) is 24.2. The van der Waals surface area contributed by atoms with Crippen LogP contribution in [0.4, 0.5) is 11.8 Å². The maximum Gasteiger partial charge on any atom is 0.228 e. The molecule has 3 aromatic heterocycles. The summed E-state index contributed by atoms with van der Waals surface area (Å²) in [6.07, 6.45) is 10.4. The molecule has 144 valence electrons. The van der Waals surface area contributed by atoms with Crippen LogP contribution in [0.5, 0.6) is 0 Å². The van der Waals surface area contributed by atoms with Gasteiger partial charge in [0.15, 0.2) is 5.65 Å². The molecule has 2 unspecified atom stereocenters. The second-order valence-electron chi connectivity index (χ2n) is 8.07. The molecule has 9 nitrogen and oxygen atoms in total. The number of nitrogens with two attached hydrogens (primary N) is 1. The van der Waals surface area contributed by atoms with Crippen LogP contribution in [-0.2, 0) is 11.3 Å². The summed E-state index contributed by atoms with van der Waals surface area (Å²) < 4.78 is 8.14. The standard InChI is InChI=1S/C19H22N8O/c20-15-6-21-14(5-22-15)16-17-18(27(10-23-17)7-11-1-2-11)25-19(24-16)26-8-12-3-4-13(9-26)28-12/h5-6,10-13H,1-4,7-9H2,(H2,20,22). The molecule has 3 aliphatic rings. The van der Waals surface area contributed by atoms with Crippen molar-refractivity contribution in [3.63, 3.8) is 0 Å². The Kier molecular flexibility index (Phi) is 3.52. The van der Waals surface area contributed by atoms with Gasteiger partial charge >= 0.3 is 0 Å². The van der Waals surface area contributed by atoms with Crippen LogP contribution in [0.3, 0.4) is 0 Å². The lowest BCUT2D eigenvalue weighted by atomic mass is 10.2. The van der Waals surface area contributed by atoms with E-state index in [0.717, 1.165) is 55.5 Å². The Hall–Kier alpha value is -2.81. The highest BCUT2D eigenvalue weighted by Gasteiger charge is 2.35. The van der Waals surface area contributed by atoms with E-state index in [1.165, 1.54) is 12.8 Å². The molecule has 0 radical (unpaired) electrons. The molecular formula is C19H22N8O. The first-order chi connectivity index (χ1) is 13.7. The number of morpholine rings is 1. The van der Waals surface area contributed by atoms with E-state index >= 15 is 0 Å². The van der Waals surface area contributed by atoms with Gasteiger partial charge in [-0.2, -0.15) is 4.98 Å². The summed E-state index contributed by atoms with van der Waals surface area (Å²) in [7, 11) is 0. The first-order valence-corrected chi connectivity index (χ1v) is 9.94. The van der Waals surface area contributed by atoms with E-state index in [0.29, 0.717) is 17.2 Å². The lowest BCUT2D eigenvalue weighted by Gasteiger charge is -2.32. The van der Waals surface area contributed by atoms with Crippen molar-refractivity contribution in [3.8, 4) is 11.4 Å². The van der Waals surface area contributed by atoms with Crippen LogP contribution in [0, 0.1) is 5.92 Å². The van der Waals surface area contributed by atoms with Crippen molar-refractivity contribution in [3.05, 3.63) is 18.7 Å². The Bertz CT molecular complexity index is 1020. The van der Waals surface area contributed by atoms with Gasteiger partial charge in [-0.25, -0.2) is 19.9 Å². The SMILES string of the molecule is Nc1cnc(-c2nc(N3CC4CCC(C3)O4)nc3c2ncn3CC2CC2)cn1. The summed E-state index contributed by atoms with van der Waals surface area (Å²) >= 11 is 0. The highest BCUT2D eigenvalue weighted by atomic mass is 16.5. The fraction of sp³-hybridized carbons (Fsp3) is 0.526. The van der Waals surface area contributed by atoms with Gasteiger partial charge in [-0.1, -0.05) is 0 Å². The zero-order chi connectivity index (χ0) is 18.7. The molecule has 1 aliphatic carbocycles. The summed E-state index contributed by atoms with van der Waals surface area (Å²) in [4.78, 5) is 25.3. The number of anilines is 2.